The standard InChI is InChI=1S/C19H32N4O9S/c1-4-9(2)15(19(31)32)23-17(29)11(5-6-33-3)21-18(30)12(8-14(26)27)22-16(28)10(20)7-13(24)25/h9-12,15H,4-8,20H2,1-3H3,(H,21,30)(H,22,28)(H,23,29)(H,24,25)(H,26,27)(H,31,32). The van der Waals surface area contributed by atoms with Crippen molar-refractivity contribution in [1.29, 1.82) is 0 Å². The maximum absolute atomic E-state index is 12.7. The van der Waals surface area contributed by atoms with Crippen LogP contribution in [0, 0.1) is 5.92 Å². The number of thioether (sulfide) groups is 1. The molecule has 0 aliphatic rings. The highest BCUT2D eigenvalue weighted by molar-refractivity contribution is 7.98. The Morgan fingerprint density at radius 1 is 0.848 bits per heavy atom. The third-order valence-electron chi connectivity index (χ3n) is 4.76. The molecular formula is C19H32N4O9S. The Bertz CT molecular complexity index is 734. The van der Waals surface area contributed by atoms with Crippen LogP contribution in [0.1, 0.15) is 39.5 Å². The Morgan fingerprint density at radius 3 is 1.82 bits per heavy atom. The summed E-state index contributed by atoms with van der Waals surface area (Å²) in [5, 5.41) is 34.0. The lowest BCUT2D eigenvalue weighted by atomic mass is 9.98. The van der Waals surface area contributed by atoms with Gasteiger partial charge in [0.2, 0.25) is 17.7 Å². The Labute approximate surface area is 195 Å². The molecule has 0 saturated carbocycles. The SMILES string of the molecule is CCC(C)C(NC(=O)C(CCSC)NC(=O)C(CC(=O)O)NC(=O)C(N)CC(=O)O)C(=O)O. The van der Waals surface area contributed by atoms with Crippen LogP contribution in [0.4, 0.5) is 0 Å². The number of carboxylic acid groups (broad SMARTS) is 3. The van der Waals surface area contributed by atoms with E-state index in [0.717, 1.165) is 0 Å². The molecule has 0 fully saturated rings. The van der Waals surface area contributed by atoms with E-state index in [2.05, 4.69) is 16.0 Å². The van der Waals surface area contributed by atoms with Crippen molar-refractivity contribution in [2.45, 2.75) is 63.7 Å². The molecule has 0 heterocycles. The number of carboxylic acids is 3. The van der Waals surface area contributed by atoms with E-state index < -0.39 is 78.6 Å². The normalized spacial score (nSPS) is 15.3. The Balaban J connectivity index is 5.53. The van der Waals surface area contributed by atoms with Gasteiger partial charge < -0.3 is 37.0 Å². The summed E-state index contributed by atoms with van der Waals surface area (Å²) in [4.78, 5) is 70.9. The van der Waals surface area contributed by atoms with Crippen molar-refractivity contribution in [2.75, 3.05) is 12.0 Å². The average molecular weight is 493 g/mol. The molecule has 0 aromatic rings. The van der Waals surface area contributed by atoms with Crippen molar-refractivity contribution in [3.8, 4) is 0 Å². The van der Waals surface area contributed by atoms with Crippen molar-refractivity contribution >= 4 is 47.4 Å². The molecular weight excluding hydrogens is 460 g/mol. The van der Waals surface area contributed by atoms with E-state index in [1.807, 2.05) is 0 Å². The molecule has 13 nitrogen and oxygen atoms in total. The highest BCUT2D eigenvalue weighted by Gasteiger charge is 2.32. The number of carbonyl (C=O) groups excluding carboxylic acids is 3. The molecule has 3 amide bonds. The Morgan fingerprint density at radius 2 is 1.36 bits per heavy atom. The summed E-state index contributed by atoms with van der Waals surface area (Å²) in [6.07, 6.45) is 0.755. The monoisotopic (exact) mass is 492 g/mol. The van der Waals surface area contributed by atoms with E-state index in [1.165, 1.54) is 11.8 Å². The molecule has 0 radical (unpaired) electrons. The summed E-state index contributed by atoms with van der Waals surface area (Å²) >= 11 is 1.37. The number of rotatable bonds is 16. The Kier molecular flexibility index (Phi) is 13.7. The summed E-state index contributed by atoms with van der Waals surface area (Å²) in [5.41, 5.74) is 5.44. The van der Waals surface area contributed by atoms with Gasteiger partial charge in [-0.2, -0.15) is 11.8 Å². The molecule has 5 atom stereocenters. The van der Waals surface area contributed by atoms with Crippen LogP contribution in [0.5, 0.6) is 0 Å². The van der Waals surface area contributed by atoms with E-state index in [9.17, 15) is 33.9 Å². The number of nitrogens with two attached hydrogens (primary N) is 1. The number of nitrogens with one attached hydrogen (secondary N) is 3. The third-order valence-corrected chi connectivity index (χ3v) is 5.41. The highest BCUT2D eigenvalue weighted by Crippen LogP contribution is 2.10. The maximum Gasteiger partial charge on any atom is 0.326 e. The molecule has 0 aliphatic heterocycles. The van der Waals surface area contributed by atoms with Gasteiger partial charge in [-0.1, -0.05) is 20.3 Å². The molecule has 5 unspecified atom stereocenters. The largest absolute Gasteiger partial charge is 0.481 e. The number of amides is 3. The third kappa shape index (κ3) is 11.5. The predicted molar refractivity (Wildman–Crippen MR) is 118 cm³/mol. The zero-order valence-electron chi connectivity index (χ0n) is 18.7. The molecule has 0 aliphatic carbocycles. The van der Waals surface area contributed by atoms with Crippen molar-refractivity contribution < 1.29 is 44.1 Å². The summed E-state index contributed by atoms with van der Waals surface area (Å²) in [6, 6.07) is -5.55. The van der Waals surface area contributed by atoms with Crippen LogP contribution in [0.2, 0.25) is 0 Å². The molecule has 188 valence electrons. The predicted octanol–water partition coefficient (Wildman–Crippen LogP) is -1.40. The van der Waals surface area contributed by atoms with Crippen LogP contribution in [0.3, 0.4) is 0 Å². The summed E-state index contributed by atoms with van der Waals surface area (Å²) < 4.78 is 0. The summed E-state index contributed by atoms with van der Waals surface area (Å²) in [5.74, 6) is -6.84. The number of aliphatic carboxylic acids is 3. The number of hydrogen-bond donors (Lipinski definition) is 7. The second-order valence-electron chi connectivity index (χ2n) is 7.42. The molecule has 0 saturated heterocycles. The van der Waals surface area contributed by atoms with E-state index >= 15 is 0 Å². The van der Waals surface area contributed by atoms with Crippen LogP contribution in [0.15, 0.2) is 0 Å². The van der Waals surface area contributed by atoms with E-state index in [1.54, 1.807) is 20.1 Å². The van der Waals surface area contributed by atoms with Crippen molar-refractivity contribution in [2.24, 2.45) is 11.7 Å². The molecule has 33 heavy (non-hydrogen) atoms. The topological polar surface area (TPSA) is 225 Å². The first-order valence-electron chi connectivity index (χ1n) is 10.2. The van der Waals surface area contributed by atoms with Gasteiger partial charge in [0.15, 0.2) is 0 Å². The quantitative estimate of drug-likeness (QED) is 0.133. The fraction of sp³-hybridized carbons (Fsp3) is 0.684. The molecule has 0 rings (SSSR count). The second-order valence-corrected chi connectivity index (χ2v) is 8.40. The van der Waals surface area contributed by atoms with E-state index in [4.69, 9.17) is 15.9 Å². The van der Waals surface area contributed by atoms with Crippen molar-refractivity contribution in [3.63, 3.8) is 0 Å². The van der Waals surface area contributed by atoms with Crippen LogP contribution in [0.25, 0.3) is 0 Å². The van der Waals surface area contributed by atoms with Crippen LogP contribution >= 0.6 is 11.8 Å². The van der Waals surface area contributed by atoms with Crippen LogP contribution in [-0.2, 0) is 28.8 Å². The van der Waals surface area contributed by atoms with Gasteiger partial charge in [-0.05, 0) is 24.3 Å². The lowest BCUT2D eigenvalue weighted by Gasteiger charge is -2.26. The first-order chi connectivity index (χ1) is 15.3. The van der Waals surface area contributed by atoms with Gasteiger partial charge in [-0.25, -0.2) is 4.79 Å². The first-order valence-corrected chi connectivity index (χ1v) is 11.5. The lowest BCUT2D eigenvalue weighted by molar-refractivity contribution is -0.144. The molecule has 14 heteroatoms. The van der Waals surface area contributed by atoms with Gasteiger partial charge in [-0.15, -0.1) is 0 Å². The number of carbonyl (C=O) groups is 6. The molecule has 0 aromatic carbocycles. The van der Waals surface area contributed by atoms with Gasteiger partial charge in [0.25, 0.3) is 0 Å². The van der Waals surface area contributed by atoms with Gasteiger partial charge in [0, 0.05) is 0 Å². The number of hydrogen-bond acceptors (Lipinski definition) is 8. The molecule has 0 spiro atoms. The van der Waals surface area contributed by atoms with Crippen LogP contribution < -0.4 is 21.7 Å². The minimum atomic E-state index is -1.63. The zero-order chi connectivity index (χ0) is 25.7. The Hall–Kier alpha value is -2.87. The summed E-state index contributed by atoms with van der Waals surface area (Å²) in [7, 11) is 0. The fourth-order valence-electron chi connectivity index (χ4n) is 2.66. The smallest absolute Gasteiger partial charge is 0.326 e. The van der Waals surface area contributed by atoms with Crippen molar-refractivity contribution in [1.82, 2.24) is 16.0 Å². The molecule has 8 N–H and O–H groups in total. The molecule has 0 bridgehead atoms. The molecule has 0 aromatic heterocycles. The van der Waals surface area contributed by atoms with Crippen LogP contribution in [-0.4, -0.2) is 87.1 Å². The minimum absolute atomic E-state index is 0.109. The zero-order valence-corrected chi connectivity index (χ0v) is 19.5. The maximum atomic E-state index is 12.7. The lowest BCUT2D eigenvalue weighted by Crippen LogP contribution is -2.58. The average Bonchev–Trinajstić information content (AvgIpc) is 2.72. The van der Waals surface area contributed by atoms with E-state index in [-0.39, 0.29) is 6.42 Å². The highest BCUT2D eigenvalue weighted by atomic mass is 32.2. The first kappa shape index (κ1) is 30.1. The van der Waals surface area contributed by atoms with Crippen molar-refractivity contribution in [3.05, 3.63) is 0 Å². The van der Waals surface area contributed by atoms with Gasteiger partial charge in [0.05, 0.1) is 18.9 Å². The van der Waals surface area contributed by atoms with Gasteiger partial charge in [-0.3, -0.25) is 24.0 Å². The fourth-order valence-corrected chi connectivity index (χ4v) is 3.13. The summed E-state index contributed by atoms with van der Waals surface area (Å²) in [6.45, 7) is 3.40. The second kappa shape index (κ2) is 15.1. The van der Waals surface area contributed by atoms with Gasteiger partial charge >= 0.3 is 17.9 Å². The van der Waals surface area contributed by atoms with E-state index in [0.29, 0.717) is 12.2 Å². The van der Waals surface area contributed by atoms with Gasteiger partial charge in [0.1, 0.15) is 18.1 Å². The minimum Gasteiger partial charge on any atom is -0.481 e.